The van der Waals surface area contributed by atoms with Crippen molar-refractivity contribution in [3.8, 4) is 0 Å². The maximum absolute atomic E-state index is 11.7. The molecule has 0 saturated heterocycles. The molecule has 72 valence electrons. The molecule has 0 fully saturated rings. The Morgan fingerprint density at radius 1 is 1.50 bits per heavy atom. The van der Waals surface area contributed by atoms with Crippen LogP contribution in [0.15, 0.2) is 29.2 Å². The van der Waals surface area contributed by atoms with Crippen molar-refractivity contribution in [1.29, 1.82) is 0 Å². The van der Waals surface area contributed by atoms with Crippen LogP contribution in [0.4, 0.5) is 0 Å². The second kappa shape index (κ2) is 3.42. The normalized spacial score (nSPS) is 10.7. The van der Waals surface area contributed by atoms with Crippen LogP contribution in [0, 0.1) is 0 Å². The zero-order valence-corrected chi connectivity index (χ0v) is 8.45. The Labute approximate surface area is 85.9 Å². The highest BCUT2D eigenvalue weighted by Crippen LogP contribution is 2.15. The van der Waals surface area contributed by atoms with Crippen LogP contribution < -0.4 is 5.56 Å². The van der Waals surface area contributed by atoms with E-state index < -0.39 is 0 Å². The number of fused-ring (bicyclic) bond motifs is 1. The quantitative estimate of drug-likeness (QED) is 0.719. The predicted molar refractivity (Wildman–Crippen MR) is 56.7 cm³/mol. The van der Waals surface area contributed by atoms with E-state index in [1.807, 2.05) is 6.92 Å². The van der Waals surface area contributed by atoms with Gasteiger partial charge in [0.1, 0.15) is 0 Å². The fourth-order valence-electron chi connectivity index (χ4n) is 1.38. The van der Waals surface area contributed by atoms with Crippen molar-refractivity contribution in [3.63, 3.8) is 0 Å². The summed E-state index contributed by atoms with van der Waals surface area (Å²) >= 11 is 5.81. The first-order chi connectivity index (χ1) is 6.72. The predicted octanol–water partition coefficient (Wildman–Crippen LogP) is 2.07. The number of aromatic nitrogens is 2. The summed E-state index contributed by atoms with van der Waals surface area (Å²) < 4.78 is 1.43. The molecule has 0 atom stereocenters. The minimum absolute atomic E-state index is 0.0679. The fraction of sp³-hybridized carbons (Fsp3) is 0.200. The molecular weight excluding hydrogens is 200 g/mol. The highest BCUT2D eigenvalue weighted by atomic mass is 35.5. The number of benzene rings is 1. The van der Waals surface area contributed by atoms with Crippen molar-refractivity contribution in [2.75, 3.05) is 0 Å². The molecule has 0 aliphatic carbocycles. The zero-order chi connectivity index (χ0) is 10.1. The van der Waals surface area contributed by atoms with E-state index in [1.165, 1.54) is 4.68 Å². The molecule has 0 radical (unpaired) electrons. The third-order valence-corrected chi connectivity index (χ3v) is 2.35. The monoisotopic (exact) mass is 208 g/mol. The number of aryl methyl sites for hydroxylation is 1. The van der Waals surface area contributed by atoms with E-state index in [4.69, 9.17) is 11.6 Å². The van der Waals surface area contributed by atoms with Gasteiger partial charge in [0, 0.05) is 17.0 Å². The summed E-state index contributed by atoms with van der Waals surface area (Å²) in [4.78, 5) is 11.7. The molecule has 0 amide bonds. The molecule has 3 nitrogen and oxygen atoms in total. The lowest BCUT2D eigenvalue weighted by molar-refractivity contribution is 0.623. The van der Waals surface area contributed by atoms with Gasteiger partial charge in [0.2, 0.25) is 0 Å². The number of hydrogen-bond acceptors (Lipinski definition) is 2. The molecule has 0 aliphatic rings. The molecule has 0 saturated carbocycles. The Kier molecular flexibility index (Phi) is 2.25. The van der Waals surface area contributed by atoms with E-state index in [0.717, 1.165) is 5.39 Å². The molecule has 14 heavy (non-hydrogen) atoms. The number of rotatable bonds is 1. The Morgan fingerprint density at radius 3 is 3.00 bits per heavy atom. The smallest absolute Gasteiger partial charge is 0.267 e. The summed E-state index contributed by atoms with van der Waals surface area (Å²) in [5, 5.41) is 6.07. The Bertz CT molecular complexity index is 533. The average molecular weight is 209 g/mol. The molecule has 0 aliphatic heterocycles. The minimum atomic E-state index is -0.0679. The summed E-state index contributed by atoms with van der Waals surface area (Å²) in [5.41, 5.74) is -0.0679. The molecule has 0 unspecified atom stereocenters. The summed E-state index contributed by atoms with van der Waals surface area (Å²) in [6, 6.07) is 5.18. The van der Waals surface area contributed by atoms with Gasteiger partial charge in [-0.15, -0.1) is 0 Å². The lowest BCUT2D eigenvalue weighted by Gasteiger charge is -2.02. The van der Waals surface area contributed by atoms with E-state index in [0.29, 0.717) is 17.0 Å². The van der Waals surface area contributed by atoms with Gasteiger partial charge >= 0.3 is 0 Å². The third-order valence-electron chi connectivity index (χ3n) is 2.11. The van der Waals surface area contributed by atoms with Crippen molar-refractivity contribution < 1.29 is 0 Å². The van der Waals surface area contributed by atoms with Crippen LogP contribution in [0.1, 0.15) is 6.92 Å². The lowest BCUT2D eigenvalue weighted by Crippen LogP contribution is -2.21. The molecule has 0 N–H and O–H groups in total. The first-order valence-electron chi connectivity index (χ1n) is 4.37. The zero-order valence-electron chi connectivity index (χ0n) is 7.70. The number of nitrogens with zero attached hydrogens (tertiary/aromatic N) is 2. The summed E-state index contributed by atoms with van der Waals surface area (Å²) in [5.74, 6) is 0. The van der Waals surface area contributed by atoms with E-state index in [2.05, 4.69) is 5.10 Å². The van der Waals surface area contributed by atoms with Crippen molar-refractivity contribution in [1.82, 2.24) is 9.78 Å². The highest BCUT2D eigenvalue weighted by Gasteiger charge is 2.02. The van der Waals surface area contributed by atoms with Crippen LogP contribution in [0.2, 0.25) is 5.02 Å². The molecule has 1 aromatic carbocycles. The van der Waals surface area contributed by atoms with Crippen molar-refractivity contribution in [2.24, 2.45) is 0 Å². The van der Waals surface area contributed by atoms with E-state index in [-0.39, 0.29) is 5.56 Å². The van der Waals surface area contributed by atoms with Crippen LogP contribution in [0.5, 0.6) is 0 Å². The second-order valence-electron chi connectivity index (χ2n) is 3.00. The Balaban J connectivity index is 2.84. The Morgan fingerprint density at radius 2 is 2.29 bits per heavy atom. The van der Waals surface area contributed by atoms with Crippen LogP contribution >= 0.6 is 11.6 Å². The topological polar surface area (TPSA) is 34.9 Å². The van der Waals surface area contributed by atoms with Crippen LogP contribution in [0.3, 0.4) is 0 Å². The summed E-state index contributed by atoms with van der Waals surface area (Å²) in [7, 11) is 0. The summed E-state index contributed by atoms with van der Waals surface area (Å²) in [6.45, 7) is 2.47. The van der Waals surface area contributed by atoms with Gasteiger partial charge in [0.25, 0.3) is 5.56 Å². The molecule has 0 bridgehead atoms. The third kappa shape index (κ3) is 1.40. The average Bonchev–Trinajstić information content (AvgIpc) is 2.18. The van der Waals surface area contributed by atoms with Gasteiger partial charge in [-0.05, 0) is 25.1 Å². The van der Waals surface area contributed by atoms with Crippen molar-refractivity contribution in [2.45, 2.75) is 13.5 Å². The maximum Gasteiger partial charge on any atom is 0.274 e. The molecule has 1 aromatic heterocycles. The van der Waals surface area contributed by atoms with Gasteiger partial charge in [0.15, 0.2) is 0 Å². The van der Waals surface area contributed by atoms with Gasteiger partial charge in [-0.25, -0.2) is 4.68 Å². The van der Waals surface area contributed by atoms with E-state index in [1.54, 1.807) is 24.4 Å². The first-order valence-corrected chi connectivity index (χ1v) is 4.75. The molecule has 4 heteroatoms. The van der Waals surface area contributed by atoms with Gasteiger partial charge < -0.3 is 0 Å². The molecule has 1 heterocycles. The van der Waals surface area contributed by atoms with E-state index >= 15 is 0 Å². The van der Waals surface area contributed by atoms with Crippen molar-refractivity contribution in [3.05, 3.63) is 39.8 Å². The van der Waals surface area contributed by atoms with Crippen LogP contribution in [0.25, 0.3) is 10.8 Å². The van der Waals surface area contributed by atoms with Gasteiger partial charge in [0.05, 0.1) is 11.6 Å². The Hall–Kier alpha value is -1.35. The van der Waals surface area contributed by atoms with Crippen molar-refractivity contribution >= 4 is 22.4 Å². The minimum Gasteiger partial charge on any atom is -0.267 e. The fourth-order valence-corrected chi connectivity index (χ4v) is 1.56. The SMILES string of the molecule is CCn1ncc2cc(Cl)ccc2c1=O. The summed E-state index contributed by atoms with van der Waals surface area (Å²) in [6.07, 6.45) is 1.66. The first kappa shape index (κ1) is 9.21. The maximum atomic E-state index is 11.7. The van der Waals surface area contributed by atoms with Gasteiger partial charge in [-0.1, -0.05) is 11.6 Å². The van der Waals surface area contributed by atoms with Crippen LogP contribution in [-0.2, 0) is 6.54 Å². The standard InChI is InChI=1S/C10H9ClN2O/c1-2-13-10(14)9-4-3-8(11)5-7(9)6-12-13/h3-6H,2H2,1H3. The number of halogens is 1. The second-order valence-corrected chi connectivity index (χ2v) is 3.43. The number of hydrogen-bond donors (Lipinski definition) is 0. The van der Waals surface area contributed by atoms with E-state index in [9.17, 15) is 4.79 Å². The molecule has 0 spiro atoms. The largest absolute Gasteiger partial charge is 0.274 e. The highest BCUT2D eigenvalue weighted by molar-refractivity contribution is 6.31. The molecular formula is C10H9ClN2O. The lowest BCUT2D eigenvalue weighted by atomic mass is 10.2. The molecule has 2 aromatic rings. The molecule has 2 rings (SSSR count). The van der Waals surface area contributed by atoms with Gasteiger partial charge in [-0.2, -0.15) is 5.10 Å². The van der Waals surface area contributed by atoms with Gasteiger partial charge in [-0.3, -0.25) is 4.79 Å². The van der Waals surface area contributed by atoms with Crippen LogP contribution in [-0.4, -0.2) is 9.78 Å².